The van der Waals surface area contributed by atoms with Crippen LogP contribution in [0, 0.1) is 17.8 Å². The lowest BCUT2D eigenvalue weighted by Crippen LogP contribution is -2.22. The Morgan fingerprint density at radius 1 is 1.40 bits per heavy atom. The van der Waals surface area contributed by atoms with E-state index in [1.807, 2.05) is 6.08 Å². The van der Waals surface area contributed by atoms with Crippen LogP contribution in [0.4, 0.5) is 0 Å². The van der Waals surface area contributed by atoms with Crippen LogP contribution in [0.3, 0.4) is 0 Å². The van der Waals surface area contributed by atoms with E-state index >= 15 is 0 Å². The molecule has 2 rings (SSSR count). The number of fused-ring (bicyclic) bond motifs is 2. The minimum Gasteiger partial charge on any atom is -0.392 e. The van der Waals surface area contributed by atoms with Crippen LogP contribution >= 0.6 is 0 Å². The first-order chi connectivity index (χ1) is 4.83. The molecule has 2 aliphatic carbocycles. The van der Waals surface area contributed by atoms with Crippen LogP contribution in [0.25, 0.3) is 0 Å². The van der Waals surface area contributed by atoms with E-state index in [1.54, 1.807) is 0 Å². The van der Waals surface area contributed by atoms with Gasteiger partial charge in [-0.2, -0.15) is 0 Å². The van der Waals surface area contributed by atoms with Crippen LogP contribution in [0.15, 0.2) is 24.8 Å². The zero-order chi connectivity index (χ0) is 7.14. The Bertz CT molecular complexity index is 183. The monoisotopic (exact) mass is 136 g/mol. The molecule has 54 valence electrons. The van der Waals surface area contributed by atoms with Crippen molar-refractivity contribution < 1.29 is 5.11 Å². The molecule has 0 radical (unpaired) electrons. The summed E-state index contributed by atoms with van der Waals surface area (Å²) in [5, 5.41) is 9.56. The summed E-state index contributed by atoms with van der Waals surface area (Å²) in [6.45, 7) is 3.72. The van der Waals surface area contributed by atoms with Gasteiger partial charge in [-0.3, -0.25) is 0 Å². The summed E-state index contributed by atoms with van der Waals surface area (Å²) in [6.07, 6.45) is 7.22. The molecule has 0 aromatic heterocycles. The average Bonchev–Trinajstić information content (AvgIpc) is 2.46. The second-order valence-corrected chi connectivity index (χ2v) is 3.25. The van der Waals surface area contributed by atoms with Crippen LogP contribution in [-0.2, 0) is 0 Å². The van der Waals surface area contributed by atoms with E-state index in [0.29, 0.717) is 17.8 Å². The Kier molecular flexibility index (Phi) is 1.21. The van der Waals surface area contributed by atoms with Crippen LogP contribution in [-0.4, -0.2) is 11.2 Å². The predicted molar refractivity (Wildman–Crippen MR) is 40.4 cm³/mol. The lowest BCUT2D eigenvalue weighted by molar-refractivity contribution is 0.117. The molecule has 0 unspecified atom stereocenters. The highest BCUT2D eigenvalue weighted by molar-refractivity contribution is 5.17. The van der Waals surface area contributed by atoms with E-state index in [2.05, 4.69) is 18.7 Å². The SMILES string of the molecule is C=C[C@@H]1[C@H](O)[C@H]2C=C[C@@H]1C2. The van der Waals surface area contributed by atoms with Crippen LogP contribution < -0.4 is 0 Å². The third-order valence-corrected chi connectivity index (χ3v) is 2.75. The summed E-state index contributed by atoms with van der Waals surface area (Å²) >= 11 is 0. The van der Waals surface area contributed by atoms with Gasteiger partial charge in [0.05, 0.1) is 6.10 Å². The minimum absolute atomic E-state index is 0.146. The molecule has 0 amide bonds. The lowest BCUT2D eigenvalue weighted by atomic mass is 9.91. The highest BCUT2D eigenvalue weighted by atomic mass is 16.3. The average molecular weight is 136 g/mol. The molecule has 0 aliphatic heterocycles. The molecule has 1 heteroatoms. The summed E-state index contributed by atoms with van der Waals surface area (Å²) in [5.41, 5.74) is 0. The Morgan fingerprint density at radius 2 is 2.10 bits per heavy atom. The third kappa shape index (κ3) is 0.613. The van der Waals surface area contributed by atoms with E-state index in [4.69, 9.17) is 0 Å². The van der Waals surface area contributed by atoms with Gasteiger partial charge in [0.15, 0.2) is 0 Å². The van der Waals surface area contributed by atoms with Gasteiger partial charge in [-0.05, 0) is 12.3 Å². The van der Waals surface area contributed by atoms with E-state index < -0.39 is 0 Å². The Hall–Kier alpha value is -0.560. The Balaban J connectivity index is 2.25. The molecule has 1 fully saturated rings. The maximum absolute atomic E-state index is 9.56. The van der Waals surface area contributed by atoms with Gasteiger partial charge in [0.1, 0.15) is 0 Å². The second kappa shape index (κ2) is 1.96. The first-order valence-corrected chi connectivity index (χ1v) is 3.82. The first-order valence-electron chi connectivity index (χ1n) is 3.82. The first kappa shape index (κ1) is 6.17. The normalized spacial score (nSPS) is 50.1. The molecule has 2 aliphatic rings. The largest absolute Gasteiger partial charge is 0.392 e. The van der Waals surface area contributed by atoms with Crippen molar-refractivity contribution in [3.05, 3.63) is 24.8 Å². The van der Waals surface area contributed by atoms with Crippen molar-refractivity contribution in [2.24, 2.45) is 17.8 Å². The van der Waals surface area contributed by atoms with Crippen molar-refractivity contribution in [3.8, 4) is 0 Å². The quantitative estimate of drug-likeness (QED) is 0.539. The highest BCUT2D eigenvalue weighted by Gasteiger charge is 2.41. The number of aliphatic hydroxyl groups excluding tert-OH is 1. The molecule has 1 nitrogen and oxygen atoms in total. The number of allylic oxidation sites excluding steroid dienone is 1. The summed E-state index contributed by atoms with van der Waals surface area (Å²) < 4.78 is 0. The molecule has 10 heavy (non-hydrogen) atoms. The number of hydrogen-bond donors (Lipinski definition) is 1. The van der Waals surface area contributed by atoms with Crippen molar-refractivity contribution in [1.29, 1.82) is 0 Å². The van der Waals surface area contributed by atoms with Gasteiger partial charge in [-0.25, -0.2) is 0 Å². The van der Waals surface area contributed by atoms with Crippen molar-refractivity contribution in [1.82, 2.24) is 0 Å². The maximum atomic E-state index is 9.56. The summed E-state index contributed by atoms with van der Waals surface area (Å²) in [7, 11) is 0. The van der Waals surface area contributed by atoms with E-state index in [1.165, 1.54) is 0 Å². The van der Waals surface area contributed by atoms with Crippen molar-refractivity contribution in [2.75, 3.05) is 0 Å². The molecule has 0 aromatic carbocycles. The van der Waals surface area contributed by atoms with Gasteiger partial charge in [0.2, 0.25) is 0 Å². The standard InChI is InChI=1S/C9H12O/c1-2-8-6-3-4-7(5-6)9(8)10/h2-4,6-10H,1,5H2/t6-,7+,8+,9-/m1/s1. The molecule has 0 saturated heterocycles. The fourth-order valence-corrected chi connectivity index (χ4v) is 2.15. The number of aliphatic hydroxyl groups is 1. The van der Waals surface area contributed by atoms with Crippen LogP contribution in [0.5, 0.6) is 0 Å². The zero-order valence-corrected chi connectivity index (χ0v) is 5.90. The minimum atomic E-state index is -0.146. The fraction of sp³-hybridized carbons (Fsp3) is 0.556. The van der Waals surface area contributed by atoms with Gasteiger partial charge >= 0.3 is 0 Å². The topological polar surface area (TPSA) is 20.2 Å². The van der Waals surface area contributed by atoms with Crippen LogP contribution in [0.1, 0.15) is 6.42 Å². The molecule has 1 N–H and O–H groups in total. The van der Waals surface area contributed by atoms with Gasteiger partial charge < -0.3 is 5.11 Å². The second-order valence-electron chi connectivity index (χ2n) is 3.25. The van der Waals surface area contributed by atoms with Crippen LogP contribution in [0.2, 0.25) is 0 Å². The smallest absolute Gasteiger partial charge is 0.0671 e. The number of rotatable bonds is 1. The Morgan fingerprint density at radius 3 is 2.50 bits per heavy atom. The fourth-order valence-electron chi connectivity index (χ4n) is 2.15. The molecule has 0 aromatic rings. The molecule has 0 spiro atoms. The lowest BCUT2D eigenvalue weighted by Gasteiger charge is -2.19. The van der Waals surface area contributed by atoms with Crippen molar-refractivity contribution in [3.63, 3.8) is 0 Å². The third-order valence-electron chi connectivity index (χ3n) is 2.75. The maximum Gasteiger partial charge on any atom is 0.0671 e. The molecule has 0 heterocycles. The molecule has 2 bridgehead atoms. The Labute approximate surface area is 61.1 Å². The summed E-state index contributed by atoms with van der Waals surface area (Å²) in [4.78, 5) is 0. The van der Waals surface area contributed by atoms with E-state index in [9.17, 15) is 5.11 Å². The van der Waals surface area contributed by atoms with Gasteiger partial charge in [0, 0.05) is 11.8 Å². The highest BCUT2D eigenvalue weighted by Crippen LogP contribution is 2.43. The predicted octanol–water partition coefficient (Wildman–Crippen LogP) is 1.36. The summed E-state index contributed by atoms with van der Waals surface area (Å²) in [6, 6.07) is 0. The van der Waals surface area contributed by atoms with Gasteiger partial charge in [0.25, 0.3) is 0 Å². The molecule has 4 atom stereocenters. The van der Waals surface area contributed by atoms with E-state index in [0.717, 1.165) is 6.42 Å². The van der Waals surface area contributed by atoms with Gasteiger partial charge in [-0.15, -0.1) is 6.58 Å². The summed E-state index contributed by atoms with van der Waals surface area (Å²) in [5.74, 6) is 1.33. The van der Waals surface area contributed by atoms with Crippen molar-refractivity contribution >= 4 is 0 Å². The molecular weight excluding hydrogens is 124 g/mol. The van der Waals surface area contributed by atoms with Gasteiger partial charge in [-0.1, -0.05) is 18.2 Å². The molecule has 1 saturated carbocycles. The molecular formula is C9H12O. The van der Waals surface area contributed by atoms with E-state index in [-0.39, 0.29) is 6.10 Å². The van der Waals surface area contributed by atoms with Crippen molar-refractivity contribution in [2.45, 2.75) is 12.5 Å². The number of hydrogen-bond acceptors (Lipinski definition) is 1. The zero-order valence-electron chi connectivity index (χ0n) is 5.90.